The molecule has 0 bridgehead atoms. The summed E-state index contributed by atoms with van der Waals surface area (Å²) in [4.78, 5) is 0. The fourth-order valence-corrected chi connectivity index (χ4v) is 1.61. The summed E-state index contributed by atoms with van der Waals surface area (Å²) in [6.45, 7) is 3.44. The highest BCUT2D eigenvalue weighted by Gasteiger charge is 2.75. The number of alkyl halides is 8. The molecule has 1 unspecified atom stereocenters. The number of quaternary nitrogens is 1. The van der Waals surface area contributed by atoms with Gasteiger partial charge in [0.1, 0.15) is 6.61 Å². The van der Waals surface area contributed by atoms with Crippen LogP contribution in [0.4, 0.5) is 35.1 Å². The van der Waals surface area contributed by atoms with Gasteiger partial charge in [0.15, 0.2) is 6.23 Å². The molecule has 23 heavy (non-hydrogen) atoms. The quantitative estimate of drug-likeness (QED) is 0.210. The summed E-state index contributed by atoms with van der Waals surface area (Å²) in [6.07, 6.45) is -5.92. The molecule has 0 aromatic heterocycles. The van der Waals surface area contributed by atoms with E-state index in [2.05, 4.69) is 4.74 Å². The second-order valence-electron chi connectivity index (χ2n) is 5.22. The van der Waals surface area contributed by atoms with Crippen molar-refractivity contribution in [3.05, 3.63) is 0 Å². The minimum absolute atomic E-state index is 0. The molecule has 1 atom stereocenters. The molecule has 11 heteroatoms. The normalized spacial score (nSPS) is 15.5. The smallest absolute Gasteiger partial charge is 0.380 e. The van der Waals surface area contributed by atoms with Gasteiger partial charge in [0.25, 0.3) is 0 Å². The van der Waals surface area contributed by atoms with Crippen LogP contribution in [0.25, 0.3) is 0 Å². The van der Waals surface area contributed by atoms with Gasteiger partial charge in [0, 0.05) is 6.92 Å². The van der Waals surface area contributed by atoms with Gasteiger partial charge in [-0.15, -0.1) is 0 Å². The van der Waals surface area contributed by atoms with Crippen LogP contribution in [0.1, 0.15) is 20.8 Å². The van der Waals surface area contributed by atoms with Gasteiger partial charge in [-0.1, -0.05) is 0 Å². The van der Waals surface area contributed by atoms with Gasteiger partial charge < -0.3 is 33.2 Å². The van der Waals surface area contributed by atoms with Crippen molar-refractivity contribution in [1.82, 2.24) is 0 Å². The second-order valence-corrected chi connectivity index (χ2v) is 5.22. The maximum absolute atomic E-state index is 13.3. The van der Waals surface area contributed by atoms with E-state index in [4.69, 9.17) is 0 Å². The monoisotopic (exact) mass is 473 g/mol. The lowest BCUT2D eigenvalue weighted by Crippen LogP contribution is -3.00. The van der Waals surface area contributed by atoms with Gasteiger partial charge in [-0.25, -0.2) is 8.78 Å². The number of hydrogen-bond acceptors (Lipinski definition) is 1. The molecule has 2 nitrogen and oxygen atoms in total. The Kier molecular flexibility index (Phi) is 9.31. The number of halogens is 9. The maximum Gasteiger partial charge on any atom is 0.380 e. The molecule has 0 heterocycles. The molecule has 0 fully saturated rings. The lowest BCUT2D eigenvalue weighted by atomic mass is 10.1. The van der Waals surface area contributed by atoms with Crippen molar-refractivity contribution in [2.75, 3.05) is 26.7 Å². The minimum Gasteiger partial charge on any atom is -1.00 e. The molecular formula is C12H20F8INO. The summed E-state index contributed by atoms with van der Waals surface area (Å²) in [7, 11) is 1.59. The summed E-state index contributed by atoms with van der Waals surface area (Å²) in [5.41, 5.74) is 0. The van der Waals surface area contributed by atoms with E-state index in [0.29, 0.717) is 13.1 Å². The maximum atomic E-state index is 13.3. The van der Waals surface area contributed by atoms with Crippen LogP contribution in [0, 0.1) is 0 Å². The minimum atomic E-state index is -6.23. The van der Waals surface area contributed by atoms with Crippen LogP contribution in [-0.4, -0.2) is 61.6 Å². The van der Waals surface area contributed by atoms with Crippen LogP contribution in [-0.2, 0) is 4.74 Å². The van der Waals surface area contributed by atoms with E-state index >= 15 is 0 Å². The first kappa shape index (κ1) is 25.3. The van der Waals surface area contributed by atoms with Gasteiger partial charge in [-0.3, -0.25) is 0 Å². The van der Waals surface area contributed by atoms with Crippen molar-refractivity contribution >= 4 is 0 Å². The lowest BCUT2D eigenvalue weighted by Gasteiger charge is -2.39. The molecule has 142 valence electrons. The predicted octanol–water partition coefficient (Wildman–Crippen LogP) is 1.01. The van der Waals surface area contributed by atoms with E-state index < -0.39 is 37.0 Å². The SMILES string of the molecule is CC[N+](C)(CC)C(C)OCC(F)(F)C(F)(F)C(F)(F)C(F)F.[I-]. The molecule has 0 saturated carbocycles. The molecular weight excluding hydrogens is 453 g/mol. The molecule has 0 aliphatic rings. The van der Waals surface area contributed by atoms with Crippen LogP contribution in [0.5, 0.6) is 0 Å². The van der Waals surface area contributed by atoms with Gasteiger partial charge in [0.2, 0.25) is 0 Å². The number of nitrogens with zero attached hydrogens (tertiary/aromatic N) is 1. The second kappa shape index (κ2) is 8.45. The molecule has 0 aliphatic heterocycles. The van der Waals surface area contributed by atoms with Crippen LogP contribution < -0.4 is 24.0 Å². The largest absolute Gasteiger partial charge is 1.00 e. The van der Waals surface area contributed by atoms with Gasteiger partial charge in [0.05, 0.1) is 20.1 Å². The summed E-state index contributed by atoms with van der Waals surface area (Å²) < 4.78 is 107. The van der Waals surface area contributed by atoms with Gasteiger partial charge in [-0.05, 0) is 13.8 Å². The fourth-order valence-electron chi connectivity index (χ4n) is 1.61. The highest BCUT2D eigenvalue weighted by atomic mass is 127. The average Bonchev–Trinajstić information content (AvgIpc) is 2.43. The summed E-state index contributed by atoms with van der Waals surface area (Å²) in [5.74, 6) is -17.8. The number of ether oxygens (including phenoxy) is 1. The van der Waals surface area contributed by atoms with Crippen molar-refractivity contribution in [3.8, 4) is 0 Å². The van der Waals surface area contributed by atoms with Crippen molar-refractivity contribution in [2.24, 2.45) is 0 Å². The van der Waals surface area contributed by atoms with Crippen LogP contribution in [0.3, 0.4) is 0 Å². The third-order valence-electron chi connectivity index (χ3n) is 3.98. The van der Waals surface area contributed by atoms with E-state index in [1.165, 1.54) is 6.92 Å². The Morgan fingerprint density at radius 1 is 0.957 bits per heavy atom. The Balaban J connectivity index is 0. The Hall–Kier alpha value is 0.0900. The van der Waals surface area contributed by atoms with Crippen LogP contribution >= 0.6 is 0 Å². The van der Waals surface area contributed by atoms with Crippen molar-refractivity contribution < 1.29 is 68.3 Å². The molecule has 0 N–H and O–H groups in total. The Bertz CT molecular complexity index is 363. The molecule has 0 saturated heterocycles. The number of hydrogen-bond donors (Lipinski definition) is 0. The molecule has 0 spiro atoms. The van der Waals surface area contributed by atoms with E-state index in [0.717, 1.165) is 0 Å². The van der Waals surface area contributed by atoms with Crippen molar-refractivity contribution in [2.45, 2.75) is 51.2 Å². The average molecular weight is 473 g/mol. The third-order valence-corrected chi connectivity index (χ3v) is 3.98. The van der Waals surface area contributed by atoms with Gasteiger partial charge >= 0.3 is 24.2 Å². The van der Waals surface area contributed by atoms with Crippen LogP contribution in [0.2, 0.25) is 0 Å². The molecule has 0 aromatic rings. The third kappa shape index (κ3) is 5.03. The molecule has 0 aliphatic carbocycles. The first-order valence-electron chi connectivity index (χ1n) is 6.57. The Labute approximate surface area is 146 Å². The predicted molar refractivity (Wildman–Crippen MR) is 63.5 cm³/mol. The summed E-state index contributed by atoms with van der Waals surface area (Å²) >= 11 is 0. The molecule has 0 amide bonds. The molecule has 0 radical (unpaired) electrons. The standard InChI is InChI=1S/C12H20F8NO.HI/c1-5-21(4,6-2)8(3)22-7-10(15,16)12(19,20)11(17,18)9(13)14;/h8-9H,5-7H2,1-4H3;1H/q+1;/p-1. The zero-order valence-corrected chi connectivity index (χ0v) is 15.2. The van der Waals surface area contributed by atoms with E-state index in [1.807, 2.05) is 0 Å². The Morgan fingerprint density at radius 3 is 1.65 bits per heavy atom. The highest BCUT2D eigenvalue weighted by Crippen LogP contribution is 2.48. The van der Waals surface area contributed by atoms with Crippen molar-refractivity contribution in [1.29, 1.82) is 0 Å². The highest BCUT2D eigenvalue weighted by molar-refractivity contribution is 4.97. The van der Waals surface area contributed by atoms with Crippen LogP contribution in [0.15, 0.2) is 0 Å². The zero-order valence-electron chi connectivity index (χ0n) is 13.0. The van der Waals surface area contributed by atoms with E-state index in [1.54, 1.807) is 20.9 Å². The summed E-state index contributed by atoms with van der Waals surface area (Å²) in [5, 5.41) is 0. The molecule has 0 rings (SSSR count). The van der Waals surface area contributed by atoms with E-state index in [9.17, 15) is 35.1 Å². The fraction of sp³-hybridized carbons (Fsp3) is 1.00. The first-order valence-corrected chi connectivity index (χ1v) is 6.57. The van der Waals surface area contributed by atoms with Gasteiger partial charge in [-0.2, -0.15) is 26.3 Å². The molecule has 0 aromatic carbocycles. The lowest BCUT2D eigenvalue weighted by molar-refractivity contribution is -0.950. The summed E-state index contributed by atoms with van der Waals surface area (Å²) in [6, 6.07) is 0. The van der Waals surface area contributed by atoms with E-state index in [-0.39, 0.29) is 28.5 Å². The zero-order chi connectivity index (χ0) is 18.0. The first-order chi connectivity index (χ1) is 9.69. The number of rotatable bonds is 9. The van der Waals surface area contributed by atoms with Crippen molar-refractivity contribution in [3.63, 3.8) is 0 Å². The topological polar surface area (TPSA) is 9.23 Å². The Morgan fingerprint density at radius 2 is 1.35 bits per heavy atom.